The number of anilines is 1. The Morgan fingerprint density at radius 1 is 1.00 bits per heavy atom. The highest BCUT2D eigenvalue weighted by Gasteiger charge is 2.16. The number of hydrogen-bond donors (Lipinski definition) is 2. The second-order valence-electron chi connectivity index (χ2n) is 6.47. The predicted molar refractivity (Wildman–Crippen MR) is 99.1 cm³/mol. The van der Waals surface area contributed by atoms with E-state index in [0.29, 0.717) is 6.42 Å². The molecular formula is C20H21N3O2. The number of carbonyl (C=O) groups is 1. The topological polar surface area (TPSA) is 59.6 Å². The molecule has 0 atom stereocenters. The van der Waals surface area contributed by atoms with Crippen LogP contribution < -0.4 is 4.90 Å². The van der Waals surface area contributed by atoms with Gasteiger partial charge in [0, 0.05) is 54.8 Å². The molecule has 1 aliphatic rings. The van der Waals surface area contributed by atoms with Crippen molar-refractivity contribution in [1.82, 2.24) is 9.88 Å². The van der Waals surface area contributed by atoms with E-state index in [1.807, 2.05) is 29.2 Å². The number of nitrogens with zero attached hydrogens (tertiary/aromatic N) is 2. The molecule has 0 saturated carbocycles. The number of benzene rings is 2. The van der Waals surface area contributed by atoms with Crippen LogP contribution >= 0.6 is 0 Å². The number of hydrogen-bond acceptors (Lipinski definition) is 3. The van der Waals surface area contributed by atoms with Gasteiger partial charge in [-0.2, -0.15) is 0 Å². The SMILES string of the molecule is O=CN1CCN(c2ccc(Cc3c(O)[nH]c4ccccc34)cc2)CC1. The Balaban J connectivity index is 1.51. The molecule has 1 amide bonds. The zero-order chi connectivity index (χ0) is 17.2. The lowest BCUT2D eigenvalue weighted by molar-refractivity contribution is -0.118. The van der Waals surface area contributed by atoms with E-state index in [4.69, 9.17) is 0 Å². The van der Waals surface area contributed by atoms with E-state index in [1.165, 1.54) is 5.69 Å². The minimum atomic E-state index is 0.246. The summed E-state index contributed by atoms with van der Waals surface area (Å²) in [5.41, 5.74) is 4.23. The fourth-order valence-electron chi connectivity index (χ4n) is 3.48. The molecule has 128 valence electrons. The predicted octanol–water partition coefficient (Wildman–Crippen LogP) is 2.74. The number of rotatable bonds is 4. The maximum absolute atomic E-state index is 10.8. The molecule has 1 aromatic heterocycles. The van der Waals surface area contributed by atoms with Crippen molar-refractivity contribution in [3.05, 3.63) is 59.7 Å². The number of piperazine rings is 1. The van der Waals surface area contributed by atoms with Crippen molar-refractivity contribution in [1.29, 1.82) is 0 Å². The van der Waals surface area contributed by atoms with Crippen LogP contribution in [-0.4, -0.2) is 47.6 Å². The third kappa shape index (κ3) is 3.05. The Bertz CT molecular complexity index is 878. The zero-order valence-electron chi connectivity index (χ0n) is 14.0. The van der Waals surface area contributed by atoms with E-state index in [1.54, 1.807) is 0 Å². The van der Waals surface area contributed by atoms with Crippen LogP contribution in [-0.2, 0) is 11.2 Å². The smallest absolute Gasteiger partial charge is 0.209 e. The molecule has 0 spiro atoms. The summed E-state index contributed by atoms with van der Waals surface area (Å²) in [7, 11) is 0. The van der Waals surface area contributed by atoms with E-state index in [2.05, 4.69) is 34.1 Å². The molecule has 0 unspecified atom stereocenters. The van der Waals surface area contributed by atoms with E-state index < -0.39 is 0 Å². The van der Waals surface area contributed by atoms with Gasteiger partial charge in [0.2, 0.25) is 6.41 Å². The largest absolute Gasteiger partial charge is 0.494 e. The molecule has 4 rings (SSSR count). The first-order valence-electron chi connectivity index (χ1n) is 8.56. The molecule has 1 saturated heterocycles. The first-order valence-corrected chi connectivity index (χ1v) is 8.56. The molecule has 1 aliphatic heterocycles. The average Bonchev–Trinajstić information content (AvgIpc) is 2.98. The Labute approximate surface area is 146 Å². The normalized spacial score (nSPS) is 14.9. The maximum atomic E-state index is 10.8. The van der Waals surface area contributed by atoms with Gasteiger partial charge in [-0.05, 0) is 23.8 Å². The van der Waals surface area contributed by atoms with Gasteiger partial charge in [-0.25, -0.2) is 0 Å². The van der Waals surface area contributed by atoms with Crippen molar-refractivity contribution in [3.63, 3.8) is 0 Å². The standard InChI is InChI=1S/C20H21N3O2/c24-14-22-9-11-23(12-10-22)16-7-5-15(6-8-16)13-18-17-3-1-2-4-19(17)21-20(18)25/h1-8,14,21,25H,9-13H2. The van der Waals surface area contributed by atoms with E-state index in [0.717, 1.165) is 54.6 Å². The fourth-order valence-corrected chi connectivity index (χ4v) is 3.48. The van der Waals surface area contributed by atoms with Gasteiger partial charge in [0.25, 0.3) is 0 Å². The number of H-pyrrole nitrogens is 1. The van der Waals surface area contributed by atoms with Crippen LogP contribution in [0.15, 0.2) is 48.5 Å². The highest BCUT2D eigenvalue weighted by atomic mass is 16.3. The molecule has 1 fully saturated rings. The van der Waals surface area contributed by atoms with Crippen molar-refractivity contribution in [2.24, 2.45) is 0 Å². The lowest BCUT2D eigenvalue weighted by Crippen LogP contribution is -2.45. The van der Waals surface area contributed by atoms with Gasteiger partial charge >= 0.3 is 0 Å². The number of aromatic hydroxyl groups is 1. The first-order chi connectivity index (χ1) is 12.2. The summed E-state index contributed by atoms with van der Waals surface area (Å²) < 4.78 is 0. The molecular weight excluding hydrogens is 314 g/mol. The third-order valence-electron chi connectivity index (χ3n) is 4.94. The number of fused-ring (bicyclic) bond motifs is 1. The van der Waals surface area contributed by atoms with Gasteiger partial charge in [0.15, 0.2) is 5.88 Å². The minimum Gasteiger partial charge on any atom is -0.494 e. The monoisotopic (exact) mass is 335 g/mol. The maximum Gasteiger partial charge on any atom is 0.209 e. The van der Waals surface area contributed by atoms with Gasteiger partial charge in [-0.1, -0.05) is 30.3 Å². The molecule has 2 N–H and O–H groups in total. The average molecular weight is 335 g/mol. The van der Waals surface area contributed by atoms with E-state index >= 15 is 0 Å². The molecule has 3 aromatic rings. The van der Waals surface area contributed by atoms with Crippen molar-refractivity contribution in [3.8, 4) is 5.88 Å². The van der Waals surface area contributed by atoms with Crippen LogP contribution in [0.2, 0.25) is 0 Å². The Morgan fingerprint density at radius 3 is 2.44 bits per heavy atom. The van der Waals surface area contributed by atoms with Crippen molar-refractivity contribution in [2.45, 2.75) is 6.42 Å². The summed E-state index contributed by atoms with van der Waals surface area (Å²) in [6.45, 7) is 3.27. The quantitative estimate of drug-likeness (QED) is 0.721. The number of amides is 1. The molecule has 0 bridgehead atoms. The Kier molecular flexibility index (Phi) is 4.06. The van der Waals surface area contributed by atoms with Gasteiger partial charge < -0.3 is 19.9 Å². The van der Waals surface area contributed by atoms with Crippen LogP contribution in [0, 0.1) is 0 Å². The summed E-state index contributed by atoms with van der Waals surface area (Å²) in [4.78, 5) is 17.9. The minimum absolute atomic E-state index is 0.246. The highest BCUT2D eigenvalue weighted by molar-refractivity contribution is 5.86. The van der Waals surface area contributed by atoms with Gasteiger partial charge in [-0.3, -0.25) is 4.79 Å². The lowest BCUT2D eigenvalue weighted by Gasteiger charge is -2.34. The Morgan fingerprint density at radius 2 is 1.72 bits per heavy atom. The summed E-state index contributed by atoms with van der Waals surface area (Å²) in [6, 6.07) is 16.4. The van der Waals surface area contributed by atoms with Crippen molar-refractivity contribution >= 4 is 23.0 Å². The van der Waals surface area contributed by atoms with Gasteiger partial charge in [0.05, 0.1) is 0 Å². The fraction of sp³-hybridized carbons (Fsp3) is 0.250. The highest BCUT2D eigenvalue weighted by Crippen LogP contribution is 2.29. The van der Waals surface area contributed by atoms with E-state index in [9.17, 15) is 9.90 Å². The van der Waals surface area contributed by atoms with Crippen molar-refractivity contribution < 1.29 is 9.90 Å². The second-order valence-corrected chi connectivity index (χ2v) is 6.47. The molecule has 5 heteroatoms. The van der Waals surface area contributed by atoms with Gasteiger partial charge in [0.1, 0.15) is 0 Å². The number of aromatic nitrogens is 1. The van der Waals surface area contributed by atoms with Crippen molar-refractivity contribution in [2.75, 3.05) is 31.1 Å². The third-order valence-corrected chi connectivity index (χ3v) is 4.94. The van der Waals surface area contributed by atoms with Crippen LogP contribution in [0.3, 0.4) is 0 Å². The molecule has 0 aliphatic carbocycles. The molecule has 2 aromatic carbocycles. The molecule has 0 radical (unpaired) electrons. The zero-order valence-corrected chi connectivity index (χ0v) is 14.0. The first kappa shape index (κ1) is 15.6. The summed E-state index contributed by atoms with van der Waals surface area (Å²) >= 11 is 0. The molecule has 5 nitrogen and oxygen atoms in total. The number of para-hydroxylation sites is 1. The second kappa shape index (κ2) is 6.51. The lowest BCUT2D eigenvalue weighted by atomic mass is 10.0. The molecule has 2 heterocycles. The summed E-state index contributed by atoms with van der Waals surface area (Å²) in [5.74, 6) is 0.246. The van der Waals surface area contributed by atoms with Crippen LogP contribution in [0.4, 0.5) is 5.69 Å². The summed E-state index contributed by atoms with van der Waals surface area (Å²) in [5, 5.41) is 11.3. The molecule has 25 heavy (non-hydrogen) atoms. The van der Waals surface area contributed by atoms with Crippen LogP contribution in [0.1, 0.15) is 11.1 Å². The Hall–Kier alpha value is -2.95. The van der Waals surface area contributed by atoms with Crippen LogP contribution in [0.5, 0.6) is 5.88 Å². The van der Waals surface area contributed by atoms with E-state index in [-0.39, 0.29) is 5.88 Å². The summed E-state index contributed by atoms with van der Waals surface area (Å²) in [6.07, 6.45) is 1.61. The number of carbonyl (C=O) groups excluding carboxylic acids is 1. The number of aromatic amines is 1. The number of nitrogens with one attached hydrogen (secondary N) is 1. The van der Waals surface area contributed by atoms with Gasteiger partial charge in [-0.15, -0.1) is 0 Å². The van der Waals surface area contributed by atoms with Crippen LogP contribution in [0.25, 0.3) is 10.9 Å².